The standard InChI is InChI=1S/C51H45N2/c1-5-51(6-2)27-26-36-20-21-38(29-41(36)46-19-13-14-28-52(46)51)39-23-25-48-44(32-39)50(3,4)45-33-40(35-17-11-8-12-18-35)31-43-42-30-37(34-15-9-7-10-16-34)22-24-47(42)53(48)49(43)45/h7-25,28-33H,5-6,26-27H2,1-4H3/q+1. The Morgan fingerprint density at radius 2 is 1.19 bits per heavy atom. The van der Waals surface area contributed by atoms with Gasteiger partial charge in [-0.05, 0) is 105 Å². The molecule has 8 aromatic rings. The highest BCUT2D eigenvalue weighted by Crippen LogP contribution is 2.50. The van der Waals surface area contributed by atoms with Gasteiger partial charge in [-0.25, -0.2) is 0 Å². The quantitative estimate of drug-likeness (QED) is 0.159. The molecule has 0 saturated heterocycles. The monoisotopic (exact) mass is 685 g/mol. The summed E-state index contributed by atoms with van der Waals surface area (Å²) in [6.45, 7) is 9.56. The fraction of sp³-hybridized carbons (Fsp3) is 0.196. The molecule has 2 heteroatoms. The molecule has 53 heavy (non-hydrogen) atoms. The van der Waals surface area contributed by atoms with Crippen LogP contribution in [-0.4, -0.2) is 4.57 Å². The summed E-state index contributed by atoms with van der Waals surface area (Å²) in [6, 6.07) is 54.8. The number of hydrogen-bond acceptors (Lipinski definition) is 0. The van der Waals surface area contributed by atoms with Gasteiger partial charge in [0.1, 0.15) is 0 Å². The van der Waals surface area contributed by atoms with E-state index in [1.807, 2.05) is 0 Å². The average molecular weight is 686 g/mol. The Morgan fingerprint density at radius 3 is 1.94 bits per heavy atom. The second-order valence-corrected chi connectivity index (χ2v) is 15.8. The fourth-order valence-electron chi connectivity index (χ4n) is 9.76. The lowest BCUT2D eigenvalue weighted by Crippen LogP contribution is -2.56. The molecule has 6 aromatic carbocycles. The van der Waals surface area contributed by atoms with Crippen LogP contribution in [0.5, 0.6) is 0 Å². The molecule has 2 aromatic heterocycles. The van der Waals surface area contributed by atoms with Crippen LogP contribution in [0.3, 0.4) is 0 Å². The Morgan fingerprint density at radius 1 is 0.566 bits per heavy atom. The molecule has 10 rings (SSSR count). The Hall–Kier alpha value is -5.73. The van der Waals surface area contributed by atoms with E-state index in [9.17, 15) is 0 Å². The van der Waals surface area contributed by atoms with Gasteiger partial charge in [-0.3, -0.25) is 0 Å². The molecule has 0 fully saturated rings. The molecule has 2 nitrogen and oxygen atoms in total. The average Bonchev–Trinajstić information content (AvgIpc) is 3.47. The Labute approximate surface area is 313 Å². The van der Waals surface area contributed by atoms with Gasteiger partial charge in [-0.15, -0.1) is 0 Å². The molecule has 258 valence electrons. The Balaban J connectivity index is 1.19. The lowest BCUT2D eigenvalue weighted by atomic mass is 9.73. The third kappa shape index (κ3) is 4.74. The minimum absolute atomic E-state index is 0.143. The number of benzene rings is 6. The number of fused-ring (bicyclic) bond motifs is 8. The maximum absolute atomic E-state index is 2.59. The summed E-state index contributed by atoms with van der Waals surface area (Å²) in [5.41, 5.74) is 18.2. The van der Waals surface area contributed by atoms with E-state index >= 15 is 0 Å². The Kier molecular flexibility index (Phi) is 7.18. The van der Waals surface area contributed by atoms with Crippen LogP contribution in [-0.2, 0) is 17.4 Å². The molecule has 0 bridgehead atoms. The van der Waals surface area contributed by atoms with Gasteiger partial charge in [-0.1, -0.05) is 113 Å². The van der Waals surface area contributed by atoms with E-state index in [0.717, 1.165) is 25.7 Å². The van der Waals surface area contributed by atoms with Gasteiger partial charge < -0.3 is 4.57 Å². The second-order valence-electron chi connectivity index (χ2n) is 15.8. The predicted octanol–water partition coefficient (Wildman–Crippen LogP) is 12.8. The molecule has 0 aliphatic carbocycles. The van der Waals surface area contributed by atoms with Crippen LogP contribution >= 0.6 is 0 Å². The highest BCUT2D eigenvalue weighted by Gasteiger charge is 2.41. The largest absolute Gasteiger partial charge is 0.309 e. The first kappa shape index (κ1) is 32.0. The smallest absolute Gasteiger partial charge is 0.213 e. The van der Waals surface area contributed by atoms with Crippen LogP contribution in [0.2, 0.25) is 0 Å². The van der Waals surface area contributed by atoms with Gasteiger partial charge in [0.2, 0.25) is 5.69 Å². The van der Waals surface area contributed by atoms with Crippen molar-refractivity contribution in [1.29, 1.82) is 0 Å². The zero-order valence-corrected chi connectivity index (χ0v) is 31.2. The minimum Gasteiger partial charge on any atom is -0.309 e. The van der Waals surface area contributed by atoms with Gasteiger partial charge in [-0.2, -0.15) is 4.57 Å². The zero-order chi connectivity index (χ0) is 35.9. The van der Waals surface area contributed by atoms with Crippen LogP contribution in [0.1, 0.15) is 63.6 Å². The van der Waals surface area contributed by atoms with Crippen molar-refractivity contribution >= 4 is 21.8 Å². The van der Waals surface area contributed by atoms with Gasteiger partial charge in [0.25, 0.3) is 0 Å². The van der Waals surface area contributed by atoms with Gasteiger partial charge in [0, 0.05) is 53.1 Å². The van der Waals surface area contributed by atoms with Crippen molar-refractivity contribution in [1.82, 2.24) is 4.57 Å². The minimum atomic E-state index is -0.225. The van der Waals surface area contributed by atoms with Crippen molar-refractivity contribution in [3.8, 4) is 50.3 Å². The number of rotatable bonds is 5. The highest BCUT2D eigenvalue weighted by atomic mass is 15.1. The van der Waals surface area contributed by atoms with Crippen LogP contribution in [0.4, 0.5) is 0 Å². The summed E-state index contributed by atoms with van der Waals surface area (Å²) in [6.07, 6.45) is 6.84. The molecule has 0 saturated carbocycles. The highest BCUT2D eigenvalue weighted by molar-refractivity contribution is 6.14. The summed E-state index contributed by atoms with van der Waals surface area (Å²) in [4.78, 5) is 0. The van der Waals surface area contributed by atoms with E-state index in [1.54, 1.807) is 0 Å². The Bertz CT molecular complexity index is 2710. The van der Waals surface area contributed by atoms with Crippen molar-refractivity contribution in [2.75, 3.05) is 0 Å². The van der Waals surface area contributed by atoms with Gasteiger partial charge in [0.15, 0.2) is 11.7 Å². The van der Waals surface area contributed by atoms with Crippen molar-refractivity contribution < 1.29 is 4.57 Å². The normalized spacial score (nSPS) is 15.1. The van der Waals surface area contributed by atoms with E-state index in [0.29, 0.717) is 0 Å². The molecule has 4 heterocycles. The van der Waals surface area contributed by atoms with Crippen LogP contribution in [0.25, 0.3) is 72.1 Å². The molecule has 0 amide bonds. The van der Waals surface area contributed by atoms with E-state index < -0.39 is 0 Å². The molecule has 0 N–H and O–H groups in total. The summed E-state index contributed by atoms with van der Waals surface area (Å²) in [5.74, 6) is 0. The first-order valence-corrected chi connectivity index (χ1v) is 19.4. The molecular formula is C51H45N2+. The van der Waals surface area contributed by atoms with Gasteiger partial charge in [0.05, 0.1) is 16.7 Å². The first-order chi connectivity index (χ1) is 25.9. The summed E-state index contributed by atoms with van der Waals surface area (Å²) in [5, 5.41) is 2.61. The maximum atomic E-state index is 2.59. The molecular weight excluding hydrogens is 641 g/mol. The van der Waals surface area contributed by atoms with E-state index in [2.05, 4.69) is 189 Å². The summed E-state index contributed by atoms with van der Waals surface area (Å²) >= 11 is 0. The molecule has 0 radical (unpaired) electrons. The number of pyridine rings is 1. The zero-order valence-electron chi connectivity index (χ0n) is 31.2. The van der Waals surface area contributed by atoms with Crippen molar-refractivity contribution in [3.63, 3.8) is 0 Å². The molecule has 2 aliphatic rings. The first-order valence-electron chi connectivity index (χ1n) is 19.4. The SMILES string of the molecule is CCC1(CC)CCc2ccc(-c3ccc4c(c3)C(C)(C)c3cc(-c5ccccc5)cc5c6cc(-c7ccccc7)ccc6n-4c35)cc2-c2cccc[n+]21. The summed E-state index contributed by atoms with van der Waals surface area (Å²) < 4.78 is 5.14. The third-order valence-corrected chi connectivity index (χ3v) is 12.9. The maximum Gasteiger partial charge on any atom is 0.213 e. The van der Waals surface area contributed by atoms with Gasteiger partial charge >= 0.3 is 0 Å². The molecule has 2 aliphatic heterocycles. The van der Waals surface area contributed by atoms with E-state index in [-0.39, 0.29) is 11.0 Å². The van der Waals surface area contributed by atoms with Crippen LogP contribution < -0.4 is 4.57 Å². The molecule has 0 spiro atoms. The number of aryl methyl sites for hydroxylation is 1. The lowest BCUT2D eigenvalue weighted by molar-refractivity contribution is -0.757. The van der Waals surface area contributed by atoms with Crippen LogP contribution in [0.15, 0.2) is 152 Å². The number of hydrogen-bond donors (Lipinski definition) is 0. The van der Waals surface area contributed by atoms with Crippen molar-refractivity contribution in [3.05, 3.63) is 168 Å². The predicted molar refractivity (Wildman–Crippen MR) is 222 cm³/mol. The molecule has 0 atom stereocenters. The lowest BCUT2D eigenvalue weighted by Gasteiger charge is -2.35. The number of nitrogens with zero attached hydrogens (tertiary/aromatic N) is 2. The van der Waals surface area contributed by atoms with E-state index in [1.165, 1.54) is 88.8 Å². The number of aromatic nitrogens is 2. The fourth-order valence-corrected chi connectivity index (χ4v) is 9.76. The second kappa shape index (κ2) is 11.9. The third-order valence-electron chi connectivity index (χ3n) is 12.9. The topological polar surface area (TPSA) is 8.81 Å². The van der Waals surface area contributed by atoms with Crippen LogP contribution in [0, 0.1) is 0 Å². The molecule has 0 unspecified atom stereocenters. The van der Waals surface area contributed by atoms with E-state index in [4.69, 9.17) is 0 Å². The van der Waals surface area contributed by atoms with Crippen molar-refractivity contribution in [2.45, 2.75) is 64.3 Å². The van der Waals surface area contributed by atoms with Crippen molar-refractivity contribution in [2.24, 2.45) is 0 Å². The summed E-state index contributed by atoms with van der Waals surface area (Å²) in [7, 11) is 0.